The normalized spacial score (nSPS) is 12.2. The van der Waals surface area contributed by atoms with Gasteiger partial charge in [-0.05, 0) is 43.5 Å². The van der Waals surface area contributed by atoms with Gasteiger partial charge in [-0.25, -0.2) is 9.50 Å². The number of amides is 2. The van der Waals surface area contributed by atoms with Crippen LogP contribution >= 0.6 is 0 Å². The minimum absolute atomic E-state index is 0.218. The molecule has 2 aromatic heterocycles. The van der Waals surface area contributed by atoms with Gasteiger partial charge < -0.3 is 11.1 Å². The Hall–Kier alpha value is -3.74. The average molecular weight is 415 g/mol. The fraction of sp³-hybridized carbons (Fsp3) is 0.250. The number of primary amides is 1. The van der Waals surface area contributed by atoms with Crippen molar-refractivity contribution in [1.29, 1.82) is 0 Å². The van der Waals surface area contributed by atoms with E-state index in [1.165, 1.54) is 0 Å². The molecule has 31 heavy (non-hydrogen) atoms. The molecule has 2 heterocycles. The third-order valence-corrected chi connectivity index (χ3v) is 5.58. The van der Waals surface area contributed by atoms with Crippen LogP contribution < -0.4 is 11.1 Å². The topological polar surface area (TPSA) is 102 Å². The Morgan fingerprint density at radius 1 is 1.06 bits per heavy atom. The fourth-order valence-electron chi connectivity index (χ4n) is 3.92. The number of benzene rings is 2. The van der Waals surface area contributed by atoms with Crippen molar-refractivity contribution in [3.05, 3.63) is 77.1 Å². The predicted molar refractivity (Wildman–Crippen MR) is 120 cm³/mol. The number of fused-ring (bicyclic) bond motifs is 3. The molecule has 0 bridgehead atoms. The van der Waals surface area contributed by atoms with E-state index in [1.807, 2.05) is 73.0 Å². The summed E-state index contributed by atoms with van der Waals surface area (Å²) in [5.41, 5.74) is 11.0. The van der Waals surface area contributed by atoms with Crippen LogP contribution in [0.5, 0.6) is 0 Å². The third kappa shape index (κ3) is 4.26. The van der Waals surface area contributed by atoms with Gasteiger partial charge in [0.2, 0.25) is 11.8 Å². The molecule has 2 amide bonds. The summed E-state index contributed by atoms with van der Waals surface area (Å²) < 4.78 is 1.84. The SMILES string of the molecule is Cc1nc2c3ccccc3nn2c(C)c1CCC(=O)NC(Cc1ccccc1)C(N)=O. The maximum atomic E-state index is 12.6. The molecule has 2 aromatic carbocycles. The zero-order valence-electron chi connectivity index (χ0n) is 17.6. The molecule has 3 N–H and O–H groups in total. The highest BCUT2D eigenvalue weighted by Gasteiger charge is 2.20. The van der Waals surface area contributed by atoms with Gasteiger partial charge in [-0.15, -0.1) is 0 Å². The molecule has 0 saturated carbocycles. The minimum Gasteiger partial charge on any atom is -0.368 e. The Balaban J connectivity index is 1.49. The van der Waals surface area contributed by atoms with E-state index in [0.29, 0.717) is 12.8 Å². The number of carbonyl (C=O) groups excluding carboxylic acids is 2. The standard InChI is InChI=1S/C24H25N5O2/c1-15-18(16(2)29-24(26-15)19-10-6-7-11-20(19)28-29)12-13-22(30)27-21(23(25)31)14-17-8-4-3-5-9-17/h3-11,21H,12-14H2,1-2H3,(H2,25,31)(H,27,30). The van der Waals surface area contributed by atoms with Crippen molar-refractivity contribution in [2.24, 2.45) is 5.73 Å². The van der Waals surface area contributed by atoms with E-state index < -0.39 is 11.9 Å². The van der Waals surface area contributed by atoms with Crippen molar-refractivity contribution in [2.75, 3.05) is 0 Å². The van der Waals surface area contributed by atoms with Crippen molar-refractivity contribution in [1.82, 2.24) is 19.9 Å². The molecule has 158 valence electrons. The van der Waals surface area contributed by atoms with E-state index in [0.717, 1.165) is 39.1 Å². The molecule has 1 atom stereocenters. The summed E-state index contributed by atoms with van der Waals surface area (Å²) in [6.07, 6.45) is 1.10. The van der Waals surface area contributed by atoms with E-state index in [-0.39, 0.29) is 12.3 Å². The maximum absolute atomic E-state index is 12.6. The number of hydrogen-bond acceptors (Lipinski definition) is 4. The van der Waals surface area contributed by atoms with Crippen LogP contribution in [0.2, 0.25) is 0 Å². The number of rotatable bonds is 7. The van der Waals surface area contributed by atoms with Gasteiger partial charge in [0, 0.05) is 29.6 Å². The lowest BCUT2D eigenvalue weighted by Crippen LogP contribution is -2.45. The summed E-state index contributed by atoms with van der Waals surface area (Å²) in [6, 6.07) is 16.6. The van der Waals surface area contributed by atoms with Crippen LogP contribution in [0.3, 0.4) is 0 Å². The highest BCUT2D eigenvalue weighted by atomic mass is 16.2. The van der Waals surface area contributed by atoms with Gasteiger partial charge in [-0.2, -0.15) is 5.10 Å². The molecule has 0 aliphatic rings. The van der Waals surface area contributed by atoms with E-state index in [1.54, 1.807) is 0 Å². The van der Waals surface area contributed by atoms with Crippen LogP contribution in [-0.2, 0) is 22.4 Å². The van der Waals surface area contributed by atoms with Gasteiger partial charge >= 0.3 is 0 Å². The second kappa shape index (κ2) is 8.55. The van der Waals surface area contributed by atoms with Crippen LogP contribution in [0.25, 0.3) is 16.6 Å². The van der Waals surface area contributed by atoms with Crippen molar-refractivity contribution in [3.63, 3.8) is 0 Å². The number of aromatic nitrogens is 3. The monoisotopic (exact) mass is 415 g/mol. The van der Waals surface area contributed by atoms with E-state index in [2.05, 4.69) is 10.4 Å². The zero-order valence-corrected chi connectivity index (χ0v) is 17.6. The molecule has 0 radical (unpaired) electrons. The van der Waals surface area contributed by atoms with Crippen molar-refractivity contribution in [3.8, 4) is 0 Å². The summed E-state index contributed by atoms with van der Waals surface area (Å²) in [7, 11) is 0. The molecule has 0 spiro atoms. The Bertz CT molecular complexity index is 1260. The van der Waals surface area contributed by atoms with Crippen molar-refractivity contribution < 1.29 is 9.59 Å². The summed E-state index contributed by atoms with van der Waals surface area (Å²) in [6.45, 7) is 3.94. The lowest BCUT2D eigenvalue weighted by Gasteiger charge is -2.16. The Morgan fingerprint density at radius 2 is 1.77 bits per heavy atom. The summed E-state index contributed by atoms with van der Waals surface area (Å²) >= 11 is 0. The molecule has 1 unspecified atom stereocenters. The highest BCUT2D eigenvalue weighted by Crippen LogP contribution is 2.22. The average Bonchev–Trinajstić information content (AvgIpc) is 3.12. The van der Waals surface area contributed by atoms with Gasteiger partial charge in [0.1, 0.15) is 6.04 Å². The fourth-order valence-corrected chi connectivity index (χ4v) is 3.92. The number of hydrogen-bond donors (Lipinski definition) is 2. The van der Waals surface area contributed by atoms with Crippen LogP contribution in [0.15, 0.2) is 54.6 Å². The van der Waals surface area contributed by atoms with Gasteiger partial charge in [-0.3, -0.25) is 9.59 Å². The molecule has 4 aromatic rings. The van der Waals surface area contributed by atoms with Crippen LogP contribution in [0, 0.1) is 13.8 Å². The summed E-state index contributed by atoms with van der Waals surface area (Å²) in [5, 5.41) is 8.43. The van der Waals surface area contributed by atoms with E-state index in [9.17, 15) is 9.59 Å². The van der Waals surface area contributed by atoms with Gasteiger partial charge in [0.25, 0.3) is 0 Å². The Morgan fingerprint density at radius 3 is 2.52 bits per heavy atom. The molecule has 0 saturated heterocycles. The summed E-state index contributed by atoms with van der Waals surface area (Å²) in [4.78, 5) is 29.2. The number of nitrogens with two attached hydrogens (primary N) is 1. The molecule has 7 heteroatoms. The molecule has 0 aliphatic carbocycles. The van der Waals surface area contributed by atoms with Crippen LogP contribution in [-0.4, -0.2) is 32.5 Å². The van der Waals surface area contributed by atoms with Crippen LogP contribution in [0.1, 0.15) is 28.9 Å². The Labute approximate surface area is 180 Å². The largest absolute Gasteiger partial charge is 0.368 e. The maximum Gasteiger partial charge on any atom is 0.240 e. The van der Waals surface area contributed by atoms with Gasteiger partial charge in [-0.1, -0.05) is 42.5 Å². The number of nitrogens with one attached hydrogen (secondary N) is 1. The quantitative estimate of drug-likeness (QED) is 0.484. The smallest absolute Gasteiger partial charge is 0.240 e. The molecule has 0 fully saturated rings. The molecule has 7 nitrogen and oxygen atoms in total. The predicted octanol–water partition coefficient (Wildman–Crippen LogP) is 2.64. The lowest BCUT2D eigenvalue weighted by molar-refractivity contribution is -0.127. The number of aryl methyl sites for hydroxylation is 2. The highest BCUT2D eigenvalue weighted by molar-refractivity contribution is 5.92. The third-order valence-electron chi connectivity index (χ3n) is 5.58. The first-order valence-electron chi connectivity index (χ1n) is 10.3. The first-order valence-corrected chi connectivity index (χ1v) is 10.3. The minimum atomic E-state index is -0.742. The van der Waals surface area contributed by atoms with E-state index >= 15 is 0 Å². The molecule has 0 aliphatic heterocycles. The molecule has 4 rings (SSSR count). The molecular weight excluding hydrogens is 390 g/mol. The number of carbonyl (C=O) groups is 2. The second-order valence-electron chi connectivity index (χ2n) is 7.73. The van der Waals surface area contributed by atoms with E-state index in [4.69, 9.17) is 10.7 Å². The molecular formula is C24H25N5O2. The lowest BCUT2D eigenvalue weighted by atomic mass is 10.0. The van der Waals surface area contributed by atoms with Gasteiger partial charge in [0.05, 0.1) is 5.52 Å². The first kappa shape index (κ1) is 20.5. The zero-order chi connectivity index (χ0) is 22.0. The summed E-state index contributed by atoms with van der Waals surface area (Å²) in [5.74, 6) is -0.764. The van der Waals surface area contributed by atoms with Gasteiger partial charge in [0.15, 0.2) is 5.65 Å². The van der Waals surface area contributed by atoms with Crippen molar-refractivity contribution >= 4 is 28.4 Å². The Kier molecular flexibility index (Phi) is 5.66. The van der Waals surface area contributed by atoms with Crippen LogP contribution in [0.4, 0.5) is 0 Å². The second-order valence-corrected chi connectivity index (χ2v) is 7.73. The first-order chi connectivity index (χ1) is 14.9. The number of nitrogens with zero attached hydrogens (tertiary/aromatic N) is 3. The van der Waals surface area contributed by atoms with Crippen molar-refractivity contribution in [2.45, 2.75) is 39.2 Å².